The molecule has 21 heavy (non-hydrogen) atoms. The number of fused-ring (bicyclic) bond motifs is 1. The Hall–Kier alpha value is -2.33. The molecular weight excluding hydrogens is 264 g/mol. The van der Waals surface area contributed by atoms with Crippen molar-refractivity contribution >= 4 is 5.65 Å². The third kappa shape index (κ3) is 2.38. The molecule has 0 atom stereocenters. The van der Waals surface area contributed by atoms with Crippen molar-refractivity contribution in [2.45, 2.75) is 20.5 Å². The van der Waals surface area contributed by atoms with Gasteiger partial charge in [-0.15, -0.1) is 0 Å². The van der Waals surface area contributed by atoms with Crippen LogP contribution in [0.15, 0.2) is 42.6 Å². The standard InChI is InChI=1S/C17H18N2O2/c1-3-21-15-7-5-4-6-13(15)17-14(11-20)19-10-12(2)8-9-16(19)18-17/h4-10,20H,3,11H2,1-2H3. The summed E-state index contributed by atoms with van der Waals surface area (Å²) >= 11 is 0. The lowest BCUT2D eigenvalue weighted by atomic mass is 10.1. The number of rotatable bonds is 4. The number of aliphatic hydroxyl groups excluding tert-OH is 1. The number of imidazole rings is 1. The SMILES string of the molecule is CCOc1ccccc1-c1nc2ccc(C)cn2c1CO. The summed E-state index contributed by atoms with van der Waals surface area (Å²) in [5, 5.41) is 9.78. The number of ether oxygens (including phenoxy) is 1. The monoisotopic (exact) mass is 282 g/mol. The highest BCUT2D eigenvalue weighted by Crippen LogP contribution is 2.32. The predicted octanol–water partition coefficient (Wildman–Crippen LogP) is 3.20. The fourth-order valence-electron chi connectivity index (χ4n) is 2.51. The summed E-state index contributed by atoms with van der Waals surface area (Å²) in [6, 6.07) is 11.8. The van der Waals surface area contributed by atoms with Crippen LogP contribution in [0.25, 0.3) is 16.9 Å². The van der Waals surface area contributed by atoms with Gasteiger partial charge < -0.3 is 14.2 Å². The van der Waals surface area contributed by atoms with Gasteiger partial charge in [-0.25, -0.2) is 4.98 Å². The number of benzene rings is 1. The van der Waals surface area contributed by atoms with Gasteiger partial charge in [-0.1, -0.05) is 18.2 Å². The molecule has 4 nitrogen and oxygen atoms in total. The summed E-state index contributed by atoms with van der Waals surface area (Å²) < 4.78 is 7.62. The van der Waals surface area contributed by atoms with E-state index in [1.807, 2.05) is 60.8 Å². The van der Waals surface area contributed by atoms with E-state index in [0.717, 1.165) is 33.9 Å². The van der Waals surface area contributed by atoms with Crippen molar-refractivity contribution in [1.82, 2.24) is 9.38 Å². The zero-order chi connectivity index (χ0) is 14.8. The van der Waals surface area contributed by atoms with E-state index in [1.54, 1.807) is 0 Å². The number of hydrogen-bond donors (Lipinski definition) is 1. The van der Waals surface area contributed by atoms with Gasteiger partial charge in [0.15, 0.2) is 0 Å². The van der Waals surface area contributed by atoms with E-state index in [2.05, 4.69) is 4.98 Å². The van der Waals surface area contributed by atoms with Crippen LogP contribution >= 0.6 is 0 Å². The Labute approximate surface area is 123 Å². The molecular formula is C17H18N2O2. The fraction of sp³-hybridized carbons (Fsp3) is 0.235. The number of hydrogen-bond acceptors (Lipinski definition) is 3. The molecule has 3 aromatic rings. The average Bonchev–Trinajstić information content (AvgIpc) is 2.85. The molecule has 0 aliphatic heterocycles. The molecule has 108 valence electrons. The first-order chi connectivity index (χ1) is 10.2. The van der Waals surface area contributed by atoms with Gasteiger partial charge in [0.1, 0.15) is 11.4 Å². The lowest BCUT2D eigenvalue weighted by Crippen LogP contribution is -1.97. The number of aromatic nitrogens is 2. The molecule has 0 aliphatic carbocycles. The first-order valence-corrected chi connectivity index (χ1v) is 7.05. The third-order valence-electron chi connectivity index (χ3n) is 3.46. The minimum absolute atomic E-state index is 0.0690. The molecule has 2 heterocycles. The van der Waals surface area contributed by atoms with Crippen LogP contribution in [0.1, 0.15) is 18.2 Å². The molecule has 4 heteroatoms. The molecule has 0 unspecified atom stereocenters. The minimum Gasteiger partial charge on any atom is -0.493 e. The molecule has 2 aromatic heterocycles. The van der Waals surface area contributed by atoms with Crippen molar-refractivity contribution < 1.29 is 9.84 Å². The molecule has 1 N–H and O–H groups in total. The van der Waals surface area contributed by atoms with E-state index in [-0.39, 0.29) is 6.61 Å². The van der Waals surface area contributed by atoms with Gasteiger partial charge in [-0.2, -0.15) is 0 Å². The van der Waals surface area contributed by atoms with Gasteiger partial charge in [0.25, 0.3) is 0 Å². The second kappa shape index (κ2) is 5.58. The summed E-state index contributed by atoms with van der Waals surface area (Å²) in [5.41, 5.74) is 4.41. The lowest BCUT2D eigenvalue weighted by molar-refractivity contribution is 0.276. The second-order valence-corrected chi connectivity index (χ2v) is 4.93. The molecule has 0 bridgehead atoms. The Morgan fingerprint density at radius 2 is 2.00 bits per heavy atom. The van der Waals surface area contributed by atoms with Crippen LogP contribution in [0.5, 0.6) is 5.75 Å². The molecule has 0 amide bonds. The Balaban J connectivity index is 2.25. The maximum absolute atomic E-state index is 9.78. The van der Waals surface area contributed by atoms with Gasteiger partial charge in [0.2, 0.25) is 0 Å². The number of para-hydroxylation sites is 1. The van der Waals surface area contributed by atoms with Crippen molar-refractivity contribution in [2.24, 2.45) is 0 Å². The van der Waals surface area contributed by atoms with E-state index in [9.17, 15) is 5.11 Å². The van der Waals surface area contributed by atoms with Gasteiger partial charge >= 0.3 is 0 Å². The molecule has 0 radical (unpaired) electrons. The van der Waals surface area contributed by atoms with Crippen molar-refractivity contribution in [3.05, 3.63) is 53.9 Å². The Bertz CT molecular complexity index is 778. The van der Waals surface area contributed by atoms with Gasteiger partial charge in [0, 0.05) is 11.8 Å². The molecule has 1 aromatic carbocycles. The number of aryl methyl sites for hydroxylation is 1. The summed E-state index contributed by atoms with van der Waals surface area (Å²) in [6.45, 7) is 4.50. The van der Waals surface area contributed by atoms with Crippen molar-refractivity contribution in [3.63, 3.8) is 0 Å². The molecule has 0 saturated heterocycles. The Morgan fingerprint density at radius 3 is 2.76 bits per heavy atom. The van der Waals surface area contributed by atoms with Crippen molar-refractivity contribution in [1.29, 1.82) is 0 Å². The first kappa shape index (κ1) is 13.6. The van der Waals surface area contributed by atoms with Crippen LogP contribution in [0.2, 0.25) is 0 Å². The van der Waals surface area contributed by atoms with E-state index < -0.39 is 0 Å². The predicted molar refractivity (Wildman–Crippen MR) is 82.5 cm³/mol. The normalized spacial score (nSPS) is 11.0. The van der Waals surface area contributed by atoms with E-state index in [0.29, 0.717) is 6.61 Å². The average molecular weight is 282 g/mol. The lowest BCUT2D eigenvalue weighted by Gasteiger charge is -2.09. The van der Waals surface area contributed by atoms with E-state index in [1.165, 1.54) is 0 Å². The minimum atomic E-state index is -0.0690. The maximum Gasteiger partial charge on any atom is 0.137 e. The fourth-order valence-corrected chi connectivity index (χ4v) is 2.51. The van der Waals surface area contributed by atoms with Crippen LogP contribution in [-0.2, 0) is 6.61 Å². The highest BCUT2D eigenvalue weighted by atomic mass is 16.5. The van der Waals surface area contributed by atoms with Crippen molar-refractivity contribution in [3.8, 4) is 17.0 Å². The number of nitrogens with zero attached hydrogens (tertiary/aromatic N) is 2. The van der Waals surface area contributed by atoms with Gasteiger partial charge in [0.05, 0.1) is 24.6 Å². The number of pyridine rings is 1. The summed E-state index contributed by atoms with van der Waals surface area (Å²) in [5.74, 6) is 0.787. The second-order valence-electron chi connectivity index (χ2n) is 4.93. The van der Waals surface area contributed by atoms with Crippen LogP contribution in [0.4, 0.5) is 0 Å². The summed E-state index contributed by atoms with van der Waals surface area (Å²) in [7, 11) is 0. The quantitative estimate of drug-likeness (QED) is 0.799. The molecule has 0 saturated carbocycles. The van der Waals surface area contributed by atoms with Crippen LogP contribution in [-0.4, -0.2) is 21.1 Å². The number of aliphatic hydroxyl groups is 1. The summed E-state index contributed by atoms with van der Waals surface area (Å²) in [6.07, 6.45) is 1.99. The van der Waals surface area contributed by atoms with Crippen molar-refractivity contribution in [2.75, 3.05) is 6.61 Å². The van der Waals surface area contributed by atoms with Crippen LogP contribution < -0.4 is 4.74 Å². The first-order valence-electron chi connectivity index (χ1n) is 7.05. The molecule has 0 aliphatic rings. The van der Waals surface area contributed by atoms with Crippen LogP contribution in [0, 0.1) is 6.92 Å². The third-order valence-corrected chi connectivity index (χ3v) is 3.46. The Morgan fingerprint density at radius 1 is 1.19 bits per heavy atom. The highest BCUT2D eigenvalue weighted by molar-refractivity contribution is 5.72. The molecule has 0 fully saturated rings. The smallest absolute Gasteiger partial charge is 0.137 e. The maximum atomic E-state index is 9.78. The topological polar surface area (TPSA) is 46.8 Å². The zero-order valence-electron chi connectivity index (χ0n) is 12.2. The molecule has 3 rings (SSSR count). The van der Waals surface area contributed by atoms with E-state index in [4.69, 9.17) is 4.74 Å². The summed E-state index contributed by atoms with van der Waals surface area (Å²) in [4.78, 5) is 4.66. The zero-order valence-corrected chi connectivity index (χ0v) is 12.2. The van der Waals surface area contributed by atoms with Crippen LogP contribution in [0.3, 0.4) is 0 Å². The van der Waals surface area contributed by atoms with E-state index >= 15 is 0 Å². The molecule has 0 spiro atoms. The Kier molecular flexibility index (Phi) is 3.62. The highest BCUT2D eigenvalue weighted by Gasteiger charge is 2.16. The van der Waals surface area contributed by atoms with Gasteiger partial charge in [-0.05, 0) is 37.6 Å². The van der Waals surface area contributed by atoms with Gasteiger partial charge in [-0.3, -0.25) is 0 Å². The largest absolute Gasteiger partial charge is 0.493 e.